The minimum atomic E-state index is 0.0946. The maximum absolute atomic E-state index is 12.6. The lowest BCUT2D eigenvalue weighted by molar-refractivity contribution is -0.128. The maximum Gasteiger partial charge on any atom is 0.277 e. The maximum atomic E-state index is 12.6. The van der Waals surface area contributed by atoms with Crippen molar-refractivity contribution in [2.75, 3.05) is 43.9 Å². The molecule has 2 heterocycles. The van der Waals surface area contributed by atoms with E-state index in [-0.39, 0.29) is 5.91 Å². The summed E-state index contributed by atoms with van der Waals surface area (Å²) in [6.45, 7) is 3.03. The van der Waals surface area contributed by atoms with E-state index < -0.39 is 0 Å². The van der Waals surface area contributed by atoms with Crippen LogP contribution in [-0.2, 0) is 11.2 Å². The molecule has 156 valence electrons. The Kier molecular flexibility index (Phi) is 6.53. The van der Waals surface area contributed by atoms with E-state index in [1.807, 2.05) is 47.4 Å². The average molecular weight is 425 g/mol. The Labute approximate surface area is 180 Å². The summed E-state index contributed by atoms with van der Waals surface area (Å²) in [5.74, 6) is 1.80. The highest BCUT2D eigenvalue weighted by Gasteiger charge is 2.22. The number of methoxy groups -OCH3 is 1. The summed E-state index contributed by atoms with van der Waals surface area (Å²) in [4.78, 5) is 16.8. The van der Waals surface area contributed by atoms with E-state index in [1.165, 1.54) is 11.8 Å². The number of thioether (sulfide) groups is 1. The number of rotatable bonds is 7. The highest BCUT2D eigenvalue weighted by Crippen LogP contribution is 2.22. The largest absolute Gasteiger partial charge is 0.497 e. The zero-order chi connectivity index (χ0) is 20.8. The van der Waals surface area contributed by atoms with Crippen molar-refractivity contribution in [3.8, 4) is 5.75 Å². The number of hydrogen-bond acceptors (Lipinski definition) is 7. The van der Waals surface area contributed by atoms with Crippen LogP contribution in [0, 0.1) is 0 Å². The molecule has 1 saturated heterocycles. The van der Waals surface area contributed by atoms with E-state index in [1.54, 1.807) is 7.11 Å². The molecule has 0 aliphatic carbocycles. The molecule has 1 aliphatic heterocycles. The highest BCUT2D eigenvalue weighted by molar-refractivity contribution is 7.99. The van der Waals surface area contributed by atoms with Crippen LogP contribution in [0.3, 0.4) is 0 Å². The number of piperazine rings is 1. The molecule has 1 fully saturated rings. The molecule has 0 radical (unpaired) electrons. The molecule has 3 aromatic rings. The summed E-state index contributed by atoms with van der Waals surface area (Å²) >= 11 is 1.30. The summed E-state index contributed by atoms with van der Waals surface area (Å²) in [6, 6.07) is 18.0. The Morgan fingerprint density at radius 2 is 1.77 bits per heavy atom. The van der Waals surface area contributed by atoms with Crippen molar-refractivity contribution in [1.82, 2.24) is 15.1 Å². The first kappa shape index (κ1) is 20.3. The molecule has 0 spiro atoms. The number of aromatic nitrogens is 2. The summed E-state index contributed by atoms with van der Waals surface area (Å²) in [6.07, 6.45) is 0.593. The third kappa shape index (κ3) is 5.13. The second-order valence-electron chi connectivity index (χ2n) is 6.98. The number of carbonyl (C=O) groups excluding carboxylic acids is 1. The van der Waals surface area contributed by atoms with Crippen LogP contribution < -0.4 is 9.64 Å². The lowest BCUT2D eigenvalue weighted by atomic mass is 10.2. The van der Waals surface area contributed by atoms with Gasteiger partial charge in [-0.3, -0.25) is 4.79 Å². The van der Waals surface area contributed by atoms with Crippen molar-refractivity contribution in [2.45, 2.75) is 11.6 Å². The standard InChI is InChI=1S/C22H24N4O3S/c1-28-19-9-7-18(8-10-19)25-11-13-26(14-12-25)21(27)16-30-22-24-23-20(29-22)15-17-5-3-2-4-6-17/h2-10H,11-16H2,1H3. The first-order chi connectivity index (χ1) is 14.7. The van der Waals surface area contributed by atoms with Crippen molar-refractivity contribution in [3.05, 3.63) is 66.1 Å². The second kappa shape index (κ2) is 9.67. The SMILES string of the molecule is COc1ccc(N2CCN(C(=O)CSc3nnc(Cc4ccccc4)o3)CC2)cc1. The lowest BCUT2D eigenvalue weighted by Crippen LogP contribution is -2.49. The highest BCUT2D eigenvalue weighted by atomic mass is 32.2. The van der Waals surface area contributed by atoms with Gasteiger partial charge in [-0.2, -0.15) is 0 Å². The number of hydrogen-bond donors (Lipinski definition) is 0. The molecular weight excluding hydrogens is 400 g/mol. The van der Waals surface area contributed by atoms with Gasteiger partial charge in [0.1, 0.15) is 5.75 Å². The van der Waals surface area contributed by atoms with Crippen molar-refractivity contribution in [1.29, 1.82) is 0 Å². The van der Waals surface area contributed by atoms with Gasteiger partial charge in [-0.25, -0.2) is 0 Å². The van der Waals surface area contributed by atoms with Gasteiger partial charge in [-0.15, -0.1) is 10.2 Å². The topological polar surface area (TPSA) is 71.7 Å². The minimum absolute atomic E-state index is 0.0946. The minimum Gasteiger partial charge on any atom is -0.497 e. The molecule has 7 nitrogen and oxygen atoms in total. The molecular formula is C22H24N4O3S. The summed E-state index contributed by atoms with van der Waals surface area (Å²) < 4.78 is 10.9. The lowest BCUT2D eigenvalue weighted by Gasteiger charge is -2.36. The third-order valence-electron chi connectivity index (χ3n) is 5.04. The Hall–Kier alpha value is -3.00. The fraction of sp³-hybridized carbons (Fsp3) is 0.318. The second-order valence-corrected chi connectivity index (χ2v) is 7.91. The Morgan fingerprint density at radius 1 is 1.03 bits per heavy atom. The smallest absolute Gasteiger partial charge is 0.277 e. The number of benzene rings is 2. The van der Waals surface area contributed by atoms with E-state index in [4.69, 9.17) is 9.15 Å². The molecule has 1 aliphatic rings. The molecule has 8 heteroatoms. The van der Waals surface area contributed by atoms with Crippen LogP contribution in [0.2, 0.25) is 0 Å². The van der Waals surface area contributed by atoms with Gasteiger partial charge in [-0.05, 0) is 29.8 Å². The molecule has 30 heavy (non-hydrogen) atoms. The van der Waals surface area contributed by atoms with E-state index >= 15 is 0 Å². The number of amides is 1. The van der Waals surface area contributed by atoms with Crippen LogP contribution in [0.5, 0.6) is 5.75 Å². The molecule has 0 unspecified atom stereocenters. The Morgan fingerprint density at radius 3 is 2.47 bits per heavy atom. The Balaban J connectivity index is 1.23. The molecule has 0 N–H and O–H groups in total. The van der Waals surface area contributed by atoms with E-state index in [0.717, 1.165) is 30.1 Å². The monoisotopic (exact) mass is 424 g/mol. The molecule has 0 atom stereocenters. The molecule has 0 saturated carbocycles. The van der Waals surface area contributed by atoms with Crippen LogP contribution in [0.4, 0.5) is 5.69 Å². The first-order valence-electron chi connectivity index (χ1n) is 9.87. The number of carbonyl (C=O) groups is 1. The number of anilines is 1. The predicted molar refractivity (Wildman–Crippen MR) is 116 cm³/mol. The van der Waals surface area contributed by atoms with Crippen LogP contribution in [-0.4, -0.2) is 60.0 Å². The fourth-order valence-corrected chi connectivity index (χ4v) is 4.04. The van der Waals surface area contributed by atoms with Gasteiger partial charge >= 0.3 is 0 Å². The van der Waals surface area contributed by atoms with Gasteiger partial charge in [0.25, 0.3) is 5.22 Å². The molecule has 2 aromatic carbocycles. The van der Waals surface area contributed by atoms with E-state index in [9.17, 15) is 4.79 Å². The van der Waals surface area contributed by atoms with E-state index in [2.05, 4.69) is 27.2 Å². The number of ether oxygens (including phenoxy) is 1. The zero-order valence-corrected chi connectivity index (χ0v) is 17.7. The quantitative estimate of drug-likeness (QED) is 0.540. The van der Waals surface area contributed by atoms with Gasteiger partial charge in [-0.1, -0.05) is 42.1 Å². The van der Waals surface area contributed by atoms with Crippen LogP contribution in [0.15, 0.2) is 64.2 Å². The number of nitrogens with zero attached hydrogens (tertiary/aromatic N) is 4. The van der Waals surface area contributed by atoms with Crippen molar-refractivity contribution in [3.63, 3.8) is 0 Å². The first-order valence-corrected chi connectivity index (χ1v) is 10.9. The zero-order valence-electron chi connectivity index (χ0n) is 16.9. The van der Waals surface area contributed by atoms with Crippen LogP contribution >= 0.6 is 11.8 Å². The summed E-state index contributed by atoms with van der Waals surface area (Å²) in [5, 5.41) is 8.57. The van der Waals surface area contributed by atoms with Gasteiger partial charge < -0.3 is 19.0 Å². The van der Waals surface area contributed by atoms with Gasteiger partial charge in [0.2, 0.25) is 11.8 Å². The van der Waals surface area contributed by atoms with Crippen molar-refractivity contribution >= 4 is 23.4 Å². The van der Waals surface area contributed by atoms with E-state index in [0.29, 0.717) is 36.4 Å². The molecule has 4 rings (SSSR count). The molecule has 1 amide bonds. The normalized spacial score (nSPS) is 14.0. The van der Waals surface area contributed by atoms with Crippen LogP contribution in [0.25, 0.3) is 0 Å². The van der Waals surface area contributed by atoms with Gasteiger partial charge in [0.15, 0.2) is 0 Å². The average Bonchev–Trinajstić information content (AvgIpc) is 3.25. The van der Waals surface area contributed by atoms with Crippen molar-refractivity contribution < 1.29 is 13.9 Å². The van der Waals surface area contributed by atoms with Crippen molar-refractivity contribution in [2.24, 2.45) is 0 Å². The third-order valence-corrected chi connectivity index (χ3v) is 5.84. The summed E-state index contributed by atoms with van der Waals surface area (Å²) in [7, 11) is 1.66. The summed E-state index contributed by atoms with van der Waals surface area (Å²) in [5.41, 5.74) is 2.26. The van der Waals surface area contributed by atoms with Crippen LogP contribution in [0.1, 0.15) is 11.5 Å². The predicted octanol–water partition coefficient (Wildman–Crippen LogP) is 3.11. The Bertz CT molecular complexity index is 954. The van der Waals surface area contributed by atoms with Gasteiger partial charge in [0, 0.05) is 31.9 Å². The fourth-order valence-electron chi connectivity index (χ4n) is 3.36. The molecule has 1 aromatic heterocycles. The molecule has 0 bridgehead atoms. The van der Waals surface area contributed by atoms with Gasteiger partial charge in [0.05, 0.1) is 19.3 Å².